The summed E-state index contributed by atoms with van der Waals surface area (Å²) in [6.45, 7) is 6.67. The van der Waals surface area contributed by atoms with E-state index in [1.807, 2.05) is 0 Å². The lowest BCUT2D eigenvalue weighted by Crippen LogP contribution is -2.30. The van der Waals surface area contributed by atoms with Gasteiger partial charge in [0.15, 0.2) is 6.10 Å². The molecule has 406 valence electrons. The summed E-state index contributed by atoms with van der Waals surface area (Å²) >= 11 is 0. The van der Waals surface area contributed by atoms with E-state index in [1.165, 1.54) is 238 Å². The minimum absolute atomic E-state index is 0.0700. The van der Waals surface area contributed by atoms with E-state index in [4.69, 9.17) is 14.2 Å². The summed E-state index contributed by atoms with van der Waals surface area (Å²) in [5.74, 6) is -0.859. The fraction of sp³-hybridized carbons (Fsp3) is 0.889. The van der Waals surface area contributed by atoms with Crippen LogP contribution in [0.15, 0.2) is 24.3 Å². The van der Waals surface area contributed by atoms with Crippen molar-refractivity contribution in [2.24, 2.45) is 0 Å². The van der Waals surface area contributed by atoms with Gasteiger partial charge in [-0.1, -0.05) is 276 Å². The highest BCUT2D eigenvalue weighted by Gasteiger charge is 2.19. The average molecular weight is 972 g/mol. The van der Waals surface area contributed by atoms with Crippen LogP contribution in [0.25, 0.3) is 0 Å². The molecule has 0 aromatic heterocycles. The van der Waals surface area contributed by atoms with Crippen LogP contribution in [0.5, 0.6) is 0 Å². The first-order chi connectivity index (χ1) is 34.0. The molecular formula is C63H118O6. The molecule has 0 heterocycles. The Morgan fingerprint density at radius 2 is 0.478 bits per heavy atom. The molecular weight excluding hydrogens is 853 g/mol. The van der Waals surface area contributed by atoms with Gasteiger partial charge in [-0.15, -0.1) is 0 Å². The van der Waals surface area contributed by atoms with E-state index in [2.05, 4.69) is 45.1 Å². The number of allylic oxidation sites excluding steroid dienone is 4. The molecule has 1 atom stereocenters. The first kappa shape index (κ1) is 66.9. The van der Waals surface area contributed by atoms with Crippen molar-refractivity contribution in [3.8, 4) is 0 Å². The normalized spacial score (nSPS) is 12.1. The lowest BCUT2D eigenvalue weighted by Gasteiger charge is -2.18. The minimum atomic E-state index is -0.771. The maximum absolute atomic E-state index is 12.8. The molecule has 0 aliphatic carbocycles. The van der Waals surface area contributed by atoms with E-state index in [-0.39, 0.29) is 31.1 Å². The average Bonchev–Trinajstić information content (AvgIpc) is 3.35. The summed E-state index contributed by atoms with van der Waals surface area (Å²) in [5.41, 5.74) is 0. The highest BCUT2D eigenvalue weighted by atomic mass is 16.6. The number of rotatable bonds is 57. The van der Waals surface area contributed by atoms with Crippen molar-refractivity contribution in [2.75, 3.05) is 13.2 Å². The Morgan fingerprint density at radius 1 is 0.275 bits per heavy atom. The van der Waals surface area contributed by atoms with E-state index in [0.717, 1.165) is 64.2 Å². The van der Waals surface area contributed by atoms with E-state index in [9.17, 15) is 14.4 Å². The van der Waals surface area contributed by atoms with Gasteiger partial charge in [-0.2, -0.15) is 0 Å². The van der Waals surface area contributed by atoms with Crippen LogP contribution in [-0.2, 0) is 28.6 Å². The van der Waals surface area contributed by atoms with E-state index in [1.54, 1.807) is 0 Å². The molecule has 0 N–H and O–H groups in total. The number of unbranched alkanes of at least 4 members (excludes halogenated alkanes) is 42. The molecule has 0 rings (SSSR count). The Labute approximate surface area is 430 Å². The minimum Gasteiger partial charge on any atom is -0.462 e. The monoisotopic (exact) mass is 971 g/mol. The molecule has 0 saturated heterocycles. The molecule has 0 bridgehead atoms. The summed E-state index contributed by atoms with van der Waals surface area (Å²) in [6, 6.07) is 0. The van der Waals surface area contributed by atoms with Crippen LogP contribution in [0.1, 0.15) is 342 Å². The Kier molecular flexibility index (Phi) is 56.7. The lowest BCUT2D eigenvalue weighted by molar-refractivity contribution is -0.167. The van der Waals surface area contributed by atoms with Gasteiger partial charge in [0.1, 0.15) is 13.2 Å². The number of carbonyl (C=O) groups is 3. The van der Waals surface area contributed by atoms with Crippen LogP contribution in [0.3, 0.4) is 0 Å². The van der Waals surface area contributed by atoms with E-state index < -0.39 is 6.10 Å². The smallest absolute Gasteiger partial charge is 0.306 e. The second-order valence-corrected chi connectivity index (χ2v) is 21.0. The Bertz CT molecular complexity index is 1110. The number of hydrogen-bond donors (Lipinski definition) is 0. The number of esters is 3. The summed E-state index contributed by atoms with van der Waals surface area (Å²) in [7, 11) is 0. The molecule has 0 aliphatic rings. The van der Waals surface area contributed by atoms with Crippen molar-refractivity contribution in [1.29, 1.82) is 0 Å². The highest BCUT2D eigenvalue weighted by molar-refractivity contribution is 5.71. The van der Waals surface area contributed by atoms with Crippen molar-refractivity contribution in [3.05, 3.63) is 24.3 Å². The zero-order chi connectivity index (χ0) is 50.0. The fourth-order valence-electron chi connectivity index (χ4n) is 9.26. The molecule has 0 spiro atoms. The Balaban J connectivity index is 4.18. The number of carbonyl (C=O) groups excluding carboxylic acids is 3. The molecule has 6 heteroatoms. The van der Waals surface area contributed by atoms with Crippen molar-refractivity contribution in [3.63, 3.8) is 0 Å². The first-order valence-corrected chi connectivity index (χ1v) is 30.8. The highest BCUT2D eigenvalue weighted by Crippen LogP contribution is 2.17. The molecule has 0 radical (unpaired) electrons. The summed E-state index contributed by atoms with van der Waals surface area (Å²) in [6.07, 6.45) is 69.0. The van der Waals surface area contributed by atoms with Gasteiger partial charge in [0.2, 0.25) is 0 Å². The first-order valence-electron chi connectivity index (χ1n) is 30.8. The van der Waals surface area contributed by atoms with Gasteiger partial charge < -0.3 is 14.2 Å². The van der Waals surface area contributed by atoms with Crippen LogP contribution in [0.2, 0.25) is 0 Å². The third-order valence-electron chi connectivity index (χ3n) is 13.9. The zero-order valence-corrected chi connectivity index (χ0v) is 46.6. The van der Waals surface area contributed by atoms with Crippen LogP contribution >= 0.6 is 0 Å². The van der Waals surface area contributed by atoms with Gasteiger partial charge in [0, 0.05) is 19.3 Å². The number of hydrogen-bond acceptors (Lipinski definition) is 6. The zero-order valence-electron chi connectivity index (χ0n) is 46.6. The molecule has 0 saturated carbocycles. The van der Waals surface area contributed by atoms with Crippen molar-refractivity contribution >= 4 is 17.9 Å². The van der Waals surface area contributed by atoms with E-state index >= 15 is 0 Å². The number of ether oxygens (including phenoxy) is 3. The van der Waals surface area contributed by atoms with E-state index in [0.29, 0.717) is 19.3 Å². The molecule has 0 fully saturated rings. The predicted molar refractivity (Wildman–Crippen MR) is 298 cm³/mol. The van der Waals surface area contributed by atoms with Crippen LogP contribution in [0, 0.1) is 0 Å². The molecule has 0 amide bonds. The molecule has 0 aliphatic heterocycles. The maximum atomic E-state index is 12.8. The summed E-state index contributed by atoms with van der Waals surface area (Å²) in [5, 5.41) is 0. The molecule has 0 aromatic carbocycles. The Morgan fingerprint density at radius 3 is 0.725 bits per heavy atom. The van der Waals surface area contributed by atoms with Gasteiger partial charge in [-0.05, 0) is 70.6 Å². The predicted octanol–water partition coefficient (Wildman–Crippen LogP) is 20.7. The molecule has 0 aromatic rings. The third kappa shape index (κ3) is 56.7. The van der Waals surface area contributed by atoms with Crippen LogP contribution in [-0.4, -0.2) is 37.2 Å². The molecule has 6 nitrogen and oxygen atoms in total. The van der Waals surface area contributed by atoms with Gasteiger partial charge in [0.05, 0.1) is 0 Å². The largest absolute Gasteiger partial charge is 0.462 e. The van der Waals surface area contributed by atoms with Crippen LogP contribution in [0.4, 0.5) is 0 Å². The second-order valence-electron chi connectivity index (χ2n) is 21.0. The van der Waals surface area contributed by atoms with Gasteiger partial charge in [-0.3, -0.25) is 14.4 Å². The van der Waals surface area contributed by atoms with Crippen LogP contribution < -0.4 is 0 Å². The molecule has 69 heavy (non-hydrogen) atoms. The summed E-state index contributed by atoms with van der Waals surface area (Å²) in [4.78, 5) is 38.1. The maximum Gasteiger partial charge on any atom is 0.306 e. The van der Waals surface area contributed by atoms with Crippen molar-refractivity contribution in [1.82, 2.24) is 0 Å². The van der Waals surface area contributed by atoms with Crippen molar-refractivity contribution < 1.29 is 28.6 Å². The Hall–Kier alpha value is -2.11. The van der Waals surface area contributed by atoms with Gasteiger partial charge in [-0.25, -0.2) is 0 Å². The summed E-state index contributed by atoms with van der Waals surface area (Å²) < 4.78 is 16.9. The SMILES string of the molecule is CCCCCCCCC/C=C\CCCCCCCC(=O)OC(COC(=O)CCCCCCCCCCCC)COC(=O)CCCCCCCCCCCCCCC/C=C\CCCCCCCCCC. The van der Waals surface area contributed by atoms with Gasteiger partial charge >= 0.3 is 17.9 Å². The third-order valence-corrected chi connectivity index (χ3v) is 13.9. The fourth-order valence-corrected chi connectivity index (χ4v) is 9.26. The quantitative estimate of drug-likeness (QED) is 0.0261. The van der Waals surface area contributed by atoms with Crippen molar-refractivity contribution in [2.45, 2.75) is 348 Å². The van der Waals surface area contributed by atoms with Gasteiger partial charge in [0.25, 0.3) is 0 Å². The molecule has 1 unspecified atom stereocenters. The standard InChI is InChI=1S/C63H118O6/c1-4-7-10-13-16-19-22-24-26-28-29-30-31-32-33-34-35-36-38-39-41-44-47-50-53-56-62(65)68-59-60(58-67-61(64)55-52-49-46-43-21-18-15-12-9-6-3)69-63(66)57-54-51-48-45-42-40-37-27-25-23-20-17-14-11-8-5-2/h27-29,37,60H,4-26,30-36,38-59H2,1-3H3/b29-28-,37-27-. The topological polar surface area (TPSA) is 78.9 Å². The lowest BCUT2D eigenvalue weighted by atomic mass is 10.0. The second kappa shape index (κ2) is 58.5.